The van der Waals surface area contributed by atoms with E-state index in [1.807, 2.05) is 19.9 Å². The quantitative estimate of drug-likeness (QED) is 0.677. The van der Waals surface area contributed by atoms with Gasteiger partial charge in [0, 0.05) is 17.4 Å². The van der Waals surface area contributed by atoms with Gasteiger partial charge in [0.25, 0.3) is 0 Å². The maximum atomic E-state index is 14.3. The standard InChI is InChI=1S/C19H15F2N3/c1-19(2)10-13-12(6-4-7-14(13)20)18(22-19)16-9-11-5-3-8-15(21)17(11)24-23-16/h3-9H,10H2,1-2H3. The number of benzene rings is 2. The molecule has 3 aromatic rings. The first-order valence-electron chi connectivity index (χ1n) is 7.74. The van der Waals surface area contributed by atoms with Crippen LogP contribution in [0.4, 0.5) is 8.78 Å². The van der Waals surface area contributed by atoms with Crippen molar-refractivity contribution in [3.8, 4) is 0 Å². The minimum Gasteiger partial charge on any atom is -0.276 e. The predicted molar refractivity (Wildman–Crippen MR) is 89.3 cm³/mol. The van der Waals surface area contributed by atoms with Crippen LogP contribution >= 0.6 is 0 Å². The minimum absolute atomic E-state index is 0.219. The van der Waals surface area contributed by atoms with Crippen molar-refractivity contribution in [1.82, 2.24) is 10.2 Å². The van der Waals surface area contributed by atoms with Crippen molar-refractivity contribution in [3.63, 3.8) is 0 Å². The number of nitrogens with zero attached hydrogens (tertiary/aromatic N) is 3. The topological polar surface area (TPSA) is 38.1 Å². The lowest BCUT2D eigenvalue weighted by molar-refractivity contribution is 0.492. The fourth-order valence-electron chi connectivity index (χ4n) is 3.14. The zero-order chi connectivity index (χ0) is 16.9. The molecule has 3 nitrogen and oxygen atoms in total. The van der Waals surface area contributed by atoms with Gasteiger partial charge in [0.15, 0.2) is 5.82 Å². The highest BCUT2D eigenvalue weighted by Crippen LogP contribution is 2.31. The predicted octanol–water partition coefficient (Wildman–Crippen LogP) is 4.08. The van der Waals surface area contributed by atoms with Crippen LogP contribution in [0.5, 0.6) is 0 Å². The Kier molecular flexibility index (Phi) is 3.20. The summed E-state index contributed by atoms with van der Waals surface area (Å²) in [5.74, 6) is -0.656. The Morgan fingerprint density at radius 3 is 2.54 bits per heavy atom. The van der Waals surface area contributed by atoms with Crippen LogP contribution in [-0.4, -0.2) is 21.4 Å². The van der Waals surface area contributed by atoms with Crippen molar-refractivity contribution < 1.29 is 8.78 Å². The van der Waals surface area contributed by atoms with Gasteiger partial charge in [0.2, 0.25) is 0 Å². The molecule has 24 heavy (non-hydrogen) atoms. The van der Waals surface area contributed by atoms with Gasteiger partial charge in [-0.2, -0.15) is 0 Å². The van der Waals surface area contributed by atoms with Gasteiger partial charge >= 0.3 is 0 Å². The highest BCUT2D eigenvalue weighted by atomic mass is 19.1. The smallest absolute Gasteiger partial charge is 0.151 e. The maximum Gasteiger partial charge on any atom is 0.151 e. The van der Waals surface area contributed by atoms with Crippen molar-refractivity contribution in [2.45, 2.75) is 25.8 Å². The van der Waals surface area contributed by atoms with Crippen LogP contribution in [0.1, 0.15) is 30.7 Å². The number of aromatic nitrogens is 2. The molecule has 0 saturated carbocycles. The summed E-state index contributed by atoms with van der Waals surface area (Å²) in [5, 5.41) is 8.78. The van der Waals surface area contributed by atoms with Crippen molar-refractivity contribution in [2.24, 2.45) is 4.99 Å². The number of aliphatic imine (C=N–C) groups is 1. The first-order chi connectivity index (χ1) is 11.4. The van der Waals surface area contributed by atoms with Gasteiger partial charge in [-0.3, -0.25) is 4.99 Å². The van der Waals surface area contributed by atoms with Gasteiger partial charge in [0.05, 0.1) is 11.3 Å². The third kappa shape index (κ3) is 2.37. The van der Waals surface area contributed by atoms with Crippen LogP contribution in [0.15, 0.2) is 47.5 Å². The molecule has 2 heterocycles. The highest BCUT2D eigenvalue weighted by Gasteiger charge is 2.30. The van der Waals surface area contributed by atoms with Crippen LogP contribution in [-0.2, 0) is 6.42 Å². The van der Waals surface area contributed by atoms with E-state index >= 15 is 0 Å². The van der Waals surface area contributed by atoms with E-state index in [1.165, 1.54) is 12.1 Å². The summed E-state index contributed by atoms with van der Waals surface area (Å²) in [7, 11) is 0. The second kappa shape index (κ2) is 5.16. The summed E-state index contributed by atoms with van der Waals surface area (Å²) < 4.78 is 28.1. The molecule has 0 unspecified atom stereocenters. The summed E-state index contributed by atoms with van der Waals surface area (Å²) in [4.78, 5) is 4.75. The number of rotatable bonds is 1. The highest BCUT2D eigenvalue weighted by molar-refractivity contribution is 6.14. The fourth-order valence-corrected chi connectivity index (χ4v) is 3.14. The normalized spacial score (nSPS) is 15.9. The Morgan fingerprint density at radius 1 is 0.958 bits per heavy atom. The zero-order valence-electron chi connectivity index (χ0n) is 13.3. The van der Waals surface area contributed by atoms with Gasteiger partial charge in [0.1, 0.15) is 17.0 Å². The molecule has 4 rings (SSSR count). The van der Waals surface area contributed by atoms with Crippen molar-refractivity contribution in [2.75, 3.05) is 0 Å². The third-order valence-corrected chi connectivity index (χ3v) is 4.21. The summed E-state index contributed by atoms with van der Waals surface area (Å²) in [5.41, 5.74) is 2.25. The van der Waals surface area contributed by atoms with Crippen LogP contribution in [0, 0.1) is 11.6 Å². The first kappa shape index (κ1) is 14.9. The number of halogens is 2. The van der Waals surface area contributed by atoms with Crippen molar-refractivity contribution in [1.29, 1.82) is 0 Å². The average Bonchev–Trinajstić information content (AvgIpc) is 2.54. The molecule has 0 spiro atoms. The molecule has 0 atom stereocenters. The Labute approximate surface area is 138 Å². The summed E-state index contributed by atoms with van der Waals surface area (Å²) >= 11 is 0. The van der Waals surface area contributed by atoms with Gasteiger partial charge < -0.3 is 0 Å². The molecule has 120 valence electrons. The van der Waals surface area contributed by atoms with Crippen molar-refractivity contribution >= 4 is 16.6 Å². The summed E-state index contributed by atoms with van der Waals surface area (Å²) in [6.45, 7) is 3.91. The third-order valence-electron chi connectivity index (χ3n) is 4.21. The van der Waals surface area contributed by atoms with E-state index < -0.39 is 11.4 Å². The lowest BCUT2D eigenvalue weighted by Crippen LogP contribution is -2.30. The molecule has 0 amide bonds. The minimum atomic E-state index is -0.441. The monoisotopic (exact) mass is 323 g/mol. The van der Waals surface area contributed by atoms with E-state index in [2.05, 4.69) is 10.2 Å². The molecular formula is C19H15F2N3. The van der Waals surface area contributed by atoms with Gasteiger partial charge in [-0.25, -0.2) is 8.78 Å². The Balaban J connectivity index is 1.95. The lowest BCUT2D eigenvalue weighted by atomic mass is 9.85. The molecule has 0 radical (unpaired) electrons. The van der Waals surface area contributed by atoms with Crippen molar-refractivity contribution in [3.05, 3.63) is 70.9 Å². The molecule has 0 fully saturated rings. The molecule has 0 saturated heterocycles. The lowest BCUT2D eigenvalue weighted by Gasteiger charge is -2.29. The second-order valence-electron chi connectivity index (χ2n) is 6.62. The van der Waals surface area contributed by atoms with Crippen LogP contribution in [0.3, 0.4) is 0 Å². The molecule has 1 aliphatic heterocycles. The first-order valence-corrected chi connectivity index (χ1v) is 7.74. The Bertz CT molecular complexity index is 993. The van der Waals surface area contributed by atoms with Crippen LogP contribution in [0.25, 0.3) is 10.9 Å². The number of fused-ring (bicyclic) bond motifs is 2. The zero-order valence-corrected chi connectivity index (χ0v) is 13.3. The average molecular weight is 323 g/mol. The van der Waals surface area contributed by atoms with Gasteiger partial charge in [-0.15, -0.1) is 10.2 Å². The van der Waals surface area contributed by atoms with Gasteiger partial charge in [-0.05, 0) is 37.6 Å². The van der Waals surface area contributed by atoms with Crippen LogP contribution in [0.2, 0.25) is 0 Å². The Morgan fingerprint density at radius 2 is 1.71 bits per heavy atom. The van der Waals surface area contributed by atoms with E-state index in [9.17, 15) is 8.78 Å². The molecule has 0 N–H and O–H groups in total. The van der Waals surface area contributed by atoms with E-state index in [-0.39, 0.29) is 11.3 Å². The largest absolute Gasteiger partial charge is 0.276 e. The van der Waals surface area contributed by atoms with Gasteiger partial charge in [-0.1, -0.05) is 24.3 Å². The number of hydrogen-bond acceptors (Lipinski definition) is 3. The number of hydrogen-bond donors (Lipinski definition) is 0. The maximum absolute atomic E-state index is 14.3. The van der Waals surface area contributed by atoms with E-state index in [1.54, 1.807) is 24.3 Å². The molecule has 2 aromatic carbocycles. The Hall–Kier alpha value is -2.69. The molecule has 1 aromatic heterocycles. The SMILES string of the molecule is CC1(C)Cc2c(F)cccc2C(c2cc3cccc(F)c3nn2)=N1. The molecule has 0 aliphatic carbocycles. The second-order valence-corrected chi connectivity index (χ2v) is 6.62. The molecular weight excluding hydrogens is 308 g/mol. The van der Waals surface area contributed by atoms with E-state index in [0.717, 1.165) is 5.56 Å². The van der Waals surface area contributed by atoms with Crippen LogP contribution < -0.4 is 0 Å². The fraction of sp³-hybridized carbons (Fsp3) is 0.211. The molecule has 1 aliphatic rings. The summed E-state index contributed by atoms with van der Waals surface area (Å²) in [6, 6.07) is 11.5. The van der Waals surface area contributed by atoms with E-state index in [0.29, 0.717) is 28.8 Å². The summed E-state index contributed by atoms with van der Waals surface area (Å²) in [6.07, 6.45) is 0.522. The molecule has 0 bridgehead atoms. The molecule has 5 heteroatoms. The van der Waals surface area contributed by atoms with E-state index in [4.69, 9.17) is 4.99 Å².